The number of anilines is 1. The minimum atomic E-state index is -0.333. The van der Waals surface area contributed by atoms with Crippen molar-refractivity contribution in [1.29, 1.82) is 0 Å². The highest BCUT2D eigenvalue weighted by atomic mass is 35.5. The van der Waals surface area contributed by atoms with E-state index in [1.165, 1.54) is 4.68 Å². The average molecular weight is 426 g/mol. The zero-order valence-electron chi connectivity index (χ0n) is 16.9. The molecule has 1 saturated heterocycles. The van der Waals surface area contributed by atoms with Crippen LogP contribution in [0.15, 0.2) is 59.5 Å². The number of rotatable bonds is 6. The Hall–Kier alpha value is -2.90. The van der Waals surface area contributed by atoms with Crippen molar-refractivity contribution in [3.8, 4) is 17.0 Å². The van der Waals surface area contributed by atoms with Crippen LogP contribution in [-0.2, 0) is 6.54 Å². The maximum atomic E-state index is 12.4. The zero-order valence-corrected chi connectivity index (χ0v) is 17.6. The summed E-state index contributed by atoms with van der Waals surface area (Å²) in [6, 6.07) is 15.4. The van der Waals surface area contributed by atoms with Gasteiger partial charge in [-0.1, -0.05) is 17.7 Å². The van der Waals surface area contributed by atoms with Crippen LogP contribution < -0.4 is 15.3 Å². The van der Waals surface area contributed by atoms with Crippen LogP contribution in [0.3, 0.4) is 0 Å². The fourth-order valence-electron chi connectivity index (χ4n) is 3.56. The van der Waals surface area contributed by atoms with Crippen LogP contribution in [0, 0.1) is 0 Å². The van der Waals surface area contributed by atoms with E-state index in [9.17, 15) is 4.79 Å². The van der Waals surface area contributed by atoms with Crippen LogP contribution in [0.1, 0.15) is 0 Å². The number of hydrogen-bond donors (Lipinski definition) is 0. The van der Waals surface area contributed by atoms with Crippen molar-refractivity contribution in [2.75, 3.05) is 44.7 Å². The molecule has 4 rings (SSSR count). The number of nitrogens with zero attached hydrogens (tertiary/aromatic N) is 5. The molecule has 0 radical (unpaired) electrons. The average Bonchev–Trinajstić information content (AvgIpc) is 2.79. The van der Waals surface area contributed by atoms with Crippen LogP contribution in [0.2, 0.25) is 5.02 Å². The molecule has 0 unspecified atom stereocenters. The minimum absolute atomic E-state index is 0.333. The smallest absolute Gasteiger partial charge is 0.364 e. The van der Waals surface area contributed by atoms with Crippen LogP contribution in [0.5, 0.6) is 5.75 Å². The number of piperazine rings is 1. The van der Waals surface area contributed by atoms with Gasteiger partial charge >= 0.3 is 5.69 Å². The highest BCUT2D eigenvalue weighted by molar-refractivity contribution is 6.30. The number of aromatic nitrogens is 3. The SMILES string of the molecule is COc1ccc(-c2cnn(CCN3CCN(c4cccc(Cl)c4)CC3)c(=O)n2)cc1. The summed E-state index contributed by atoms with van der Waals surface area (Å²) in [7, 11) is 1.62. The maximum absolute atomic E-state index is 12.4. The molecule has 0 N–H and O–H groups in total. The normalized spacial score (nSPS) is 14.7. The molecule has 0 atom stereocenters. The lowest BCUT2D eigenvalue weighted by Gasteiger charge is -2.36. The molecule has 156 valence electrons. The largest absolute Gasteiger partial charge is 0.497 e. The molecule has 30 heavy (non-hydrogen) atoms. The first kappa shape index (κ1) is 20.4. The summed E-state index contributed by atoms with van der Waals surface area (Å²) in [5, 5.41) is 5.07. The van der Waals surface area contributed by atoms with Crippen molar-refractivity contribution in [3.63, 3.8) is 0 Å². The summed E-state index contributed by atoms with van der Waals surface area (Å²) < 4.78 is 6.59. The zero-order chi connectivity index (χ0) is 20.9. The first-order valence-corrected chi connectivity index (χ1v) is 10.3. The Kier molecular flexibility index (Phi) is 6.30. The van der Waals surface area contributed by atoms with Gasteiger partial charge in [-0.3, -0.25) is 4.90 Å². The molecule has 0 spiro atoms. The minimum Gasteiger partial charge on any atom is -0.497 e. The first-order valence-electron chi connectivity index (χ1n) is 9.94. The molecule has 2 heterocycles. The Morgan fingerprint density at radius 2 is 1.80 bits per heavy atom. The summed E-state index contributed by atoms with van der Waals surface area (Å²) in [6.45, 7) is 5.00. The fraction of sp³-hybridized carbons (Fsp3) is 0.318. The van der Waals surface area contributed by atoms with E-state index in [0.29, 0.717) is 12.2 Å². The van der Waals surface area contributed by atoms with Crippen molar-refractivity contribution < 1.29 is 4.74 Å². The number of benzene rings is 2. The third-order valence-corrected chi connectivity index (χ3v) is 5.55. The van der Waals surface area contributed by atoms with Gasteiger partial charge in [0, 0.05) is 49.0 Å². The van der Waals surface area contributed by atoms with Crippen LogP contribution in [0.4, 0.5) is 5.69 Å². The van der Waals surface area contributed by atoms with E-state index in [4.69, 9.17) is 16.3 Å². The molecule has 0 saturated carbocycles. The van der Waals surface area contributed by atoms with E-state index in [2.05, 4.69) is 25.9 Å². The topological polar surface area (TPSA) is 63.5 Å². The molecule has 1 aromatic heterocycles. The molecular weight excluding hydrogens is 402 g/mol. The second-order valence-electron chi connectivity index (χ2n) is 7.18. The van der Waals surface area contributed by atoms with Gasteiger partial charge in [-0.25, -0.2) is 9.48 Å². The van der Waals surface area contributed by atoms with Gasteiger partial charge in [0.25, 0.3) is 0 Å². The molecular formula is C22H24ClN5O2. The van der Waals surface area contributed by atoms with Crippen molar-refractivity contribution in [3.05, 3.63) is 70.2 Å². The van der Waals surface area contributed by atoms with Crippen molar-refractivity contribution in [2.45, 2.75) is 6.54 Å². The highest BCUT2D eigenvalue weighted by Crippen LogP contribution is 2.21. The highest BCUT2D eigenvalue weighted by Gasteiger charge is 2.17. The molecule has 8 heteroatoms. The van der Waals surface area contributed by atoms with Gasteiger partial charge in [-0.05, 0) is 42.5 Å². The van der Waals surface area contributed by atoms with Crippen molar-refractivity contribution in [1.82, 2.24) is 19.7 Å². The first-order chi connectivity index (χ1) is 14.6. The van der Waals surface area contributed by atoms with Crippen LogP contribution >= 0.6 is 11.6 Å². The van der Waals surface area contributed by atoms with Crippen molar-refractivity contribution in [2.24, 2.45) is 0 Å². The Labute approximate surface area is 180 Å². The lowest BCUT2D eigenvalue weighted by Crippen LogP contribution is -2.47. The number of hydrogen-bond acceptors (Lipinski definition) is 6. The summed E-state index contributed by atoms with van der Waals surface area (Å²) in [6.07, 6.45) is 1.64. The molecule has 1 aliphatic heterocycles. The fourth-order valence-corrected chi connectivity index (χ4v) is 3.74. The molecule has 0 amide bonds. The summed E-state index contributed by atoms with van der Waals surface area (Å²) >= 11 is 6.10. The third-order valence-electron chi connectivity index (χ3n) is 5.32. The van der Waals surface area contributed by atoms with Gasteiger partial charge in [-0.2, -0.15) is 10.1 Å². The Bertz CT molecular complexity index is 1050. The predicted octanol–water partition coefficient (Wildman–Crippen LogP) is 2.79. The molecule has 3 aromatic rings. The summed E-state index contributed by atoms with van der Waals surface area (Å²) in [4.78, 5) is 21.3. The monoisotopic (exact) mass is 425 g/mol. The lowest BCUT2D eigenvalue weighted by atomic mass is 10.1. The van der Waals surface area contributed by atoms with E-state index < -0.39 is 0 Å². The maximum Gasteiger partial charge on any atom is 0.364 e. The number of halogens is 1. The summed E-state index contributed by atoms with van der Waals surface area (Å²) in [5.41, 5.74) is 2.22. The molecule has 7 nitrogen and oxygen atoms in total. The van der Waals surface area contributed by atoms with Gasteiger partial charge in [-0.15, -0.1) is 0 Å². The van der Waals surface area contributed by atoms with E-state index in [-0.39, 0.29) is 5.69 Å². The Balaban J connectivity index is 1.32. The molecule has 1 aliphatic rings. The van der Waals surface area contributed by atoms with E-state index in [1.54, 1.807) is 13.3 Å². The lowest BCUT2D eigenvalue weighted by molar-refractivity contribution is 0.242. The third kappa shape index (κ3) is 4.80. The van der Waals surface area contributed by atoms with Crippen LogP contribution in [-0.4, -0.2) is 59.5 Å². The van der Waals surface area contributed by atoms with Crippen LogP contribution in [0.25, 0.3) is 11.3 Å². The standard InChI is InChI=1S/C22H24ClN5O2/c1-30-20-7-5-17(6-8-20)21-16-24-28(22(29)25-21)14-11-26-9-12-27(13-10-26)19-4-2-3-18(23)15-19/h2-8,15-16H,9-14H2,1H3. The molecule has 0 aliphatic carbocycles. The quantitative estimate of drug-likeness (QED) is 0.605. The Morgan fingerprint density at radius 1 is 1.03 bits per heavy atom. The molecule has 1 fully saturated rings. The van der Waals surface area contributed by atoms with Gasteiger partial charge in [0.1, 0.15) is 5.75 Å². The number of ether oxygens (including phenoxy) is 1. The van der Waals surface area contributed by atoms with Crippen molar-refractivity contribution >= 4 is 17.3 Å². The predicted molar refractivity (Wildman–Crippen MR) is 118 cm³/mol. The molecule has 2 aromatic carbocycles. The van der Waals surface area contributed by atoms with Gasteiger partial charge in [0.15, 0.2) is 0 Å². The van der Waals surface area contributed by atoms with Gasteiger partial charge in [0.05, 0.1) is 25.5 Å². The summed E-state index contributed by atoms with van der Waals surface area (Å²) in [5.74, 6) is 0.760. The van der Waals surface area contributed by atoms with E-state index >= 15 is 0 Å². The second kappa shape index (κ2) is 9.28. The van der Waals surface area contributed by atoms with E-state index in [1.807, 2.05) is 42.5 Å². The van der Waals surface area contributed by atoms with E-state index in [0.717, 1.165) is 54.7 Å². The second-order valence-corrected chi connectivity index (χ2v) is 7.62. The Morgan fingerprint density at radius 3 is 2.47 bits per heavy atom. The van der Waals surface area contributed by atoms with Gasteiger partial charge in [0.2, 0.25) is 0 Å². The molecule has 0 bridgehead atoms. The van der Waals surface area contributed by atoms with Gasteiger partial charge < -0.3 is 9.64 Å². The number of methoxy groups -OCH3 is 1.